The summed E-state index contributed by atoms with van der Waals surface area (Å²) in [4.78, 5) is 40.8. The fourth-order valence-corrected chi connectivity index (χ4v) is 6.99. The number of aryl methyl sites for hydroxylation is 1. The van der Waals surface area contributed by atoms with Crippen molar-refractivity contribution in [3.05, 3.63) is 143 Å². The van der Waals surface area contributed by atoms with Crippen LogP contribution in [0.15, 0.2) is 126 Å². The summed E-state index contributed by atoms with van der Waals surface area (Å²) in [6.45, 7) is 4.90. The van der Waals surface area contributed by atoms with Crippen molar-refractivity contribution in [1.82, 2.24) is 9.88 Å². The van der Waals surface area contributed by atoms with E-state index >= 15 is 0 Å². The Bertz CT molecular complexity index is 2230. The molecule has 6 rings (SSSR count). The van der Waals surface area contributed by atoms with Crippen LogP contribution in [0.2, 0.25) is 5.02 Å². The number of rotatable bonds is 11. The number of para-hydroxylation sites is 1. The summed E-state index contributed by atoms with van der Waals surface area (Å²) in [5.74, 6) is -2.01. The fraction of sp³-hybridized carbons (Fsp3) is 0.125. The van der Waals surface area contributed by atoms with Crippen LogP contribution in [0.4, 0.5) is 15.8 Å². The molecule has 6 aromatic rings. The number of nitrogens with one attached hydrogen (secondary N) is 3. The zero-order valence-electron chi connectivity index (χ0n) is 27.4. The summed E-state index contributed by atoms with van der Waals surface area (Å²) in [7, 11) is 0. The molecule has 1 atom stereocenters. The second-order valence-corrected chi connectivity index (χ2v) is 13.2. The predicted molar refractivity (Wildman–Crippen MR) is 202 cm³/mol. The maximum Gasteiger partial charge on any atom is 0.272 e. The zero-order chi connectivity index (χ0) is 35.2. The minimum Gasteiger partial charge on any atom is -0.341 e. The molecule has 1 aromatic heterocycles. The molecule has 0 spiro atoms. The van der Waals surface area contributed by atoms with Crippen molar-refractivity contribution in [3.8, 4) is 0 Å². The van der Waals surface area contributed by atoms with Crippen LogP contribution in [-0.2, 0) is 16.1 Å². The lowest BCUT2D eigenvalue weighted by Gasteiger charge is -2.16. The highest BCUT2D eigenvalue weighted by atomic mass is 35.5. The van der Waals surface area contributed by atoms with Gasteiger partial charge in [0.15, 0.2) is 0 Å². The van der Waals surface area contributed by atoms with Crippen molar-refractivity contribution in [2.24, 2.45) is 0 Å². The Hall–Kier alpha value is -5.38. The van der Waals surface area contributed by atoms with Crippen molar-refractivity contribution >= 4 is 80.3 Å². The van der Waals surface area contributed by atoms with Crippen LogP contribution in [0.5, 0.6) is 0 Å². The molecule has 1 heterocycles. The average molecular weight is 705 g/mol. The number of nitrogens with zero attached hydrogens (tertiary/aromatic N) is 1. The molecular weight excluding hydrogens is 671 g/mol. The van der Waals surface area contributed by atoms with Crippen LogP contribution < -0.4 is 16.0 Å². The van der Waals surface area contributed by atoms with Crippen molar-refractivity contribution < 1.29 is 18.8 Å². The van der Waals surface area contributed by atoms with E-state index in [-0.39, 0.29) is 22.2 Å². The Balaban J connectivity index is 1.19. The quantitative estimate of drug-likeness (QED) is 0.0926. The number of fused-ring (bicyclic) bond motifs is 3. The average Bonchev–Trinajstić information content (AvgIpc) is 3.44. The smallest absolute Gasteiger partial charge is 0.272 e. The van der Waals surface area contributed by atoms with Crippen molar-refractivity contribution in [3.63, 3.8) is 0 Å². The zero-order valence-corrected chi connectivity index (χ0v) is 28.9. The van der Waals surface area contributed by atoms with Gasteiger partial charge < -0.3 is 20.5 Å². The van der Waals surface area contributed by atoms with Gasteiger partial charge in [-0.25, -0.2) is 4.39 Å². The van der Waals surface area contributed by atoms with Crippen LogP contribution in [0.25, 0.3) is 27.9 Å². The molecule has 3 N–H and O–H groups in total. The van der Waals surface area contributed by atoms with E-state index < -0.39 is 22.9 Å². The maximum absolute atomic E-state index is 14.7. The molecule has 0 saturated heterocycles. The van der Waals surface area contributed by atoms with Gasteiger partial charge >= 0.3 is 0 Å². The molecule has 50 heavy (non-hydrogen) atoms. The summed E-state index contributed by atoms with van der Waals surface area (Å²) in [5.41, 5.74) is 3.49. The number of anilines is 2. The van der Waals surface area contributed by atoms with Gasteiger partial charge in [0.05, 0.1) is 10.3 Å². The van der Waals surface area contributed by atoms with Gasteiger partial charge in [-0.1, -0.05) is 67.1 Å². The van der Waals surface area contributed by atoms with Gasteiger partial charge in [0, 0.05) is 55.7 Å². The van der Waals surface area contributed by atoms with Gasteiger partial charge in [-0.05, 0) is 86.2 Å². The van der Waals surface area contributed by atoms with Gasteiger partial charge in [-0.15, -0.1) is 11.8 Å². The van der Waals surface area contributed by atoms with Gasteiger partial charge in [-0.3, -0.25) is 14.4 Å². The number of carbonyl (C=O) groups is 3. The summed E-state index contributed by atoms with van der Waals surface area (Å²) in [5, 5.41) is 10.4. The minimum atomic E-state index is -0.680. The number of carbonyl (C=O) groups excluding carboxylic acids is 3. The number of benzene rings is 5. The Kier molecular flexibility index (Phi) is 10.7. The molecule has 0 bridgehead atoms. The first-order valence-electron chi connectivity index (χ1n) is 16.2. The Labute approximate surface area is 298 Å². The number of hydrogen-bond acceptors (Lipinski definition) is 4. The first-order chi connectivity index (χ1) is 24.2. The van der Waals surface area contributed by atoms with Crippen LogP contribution in [-0.4, -0.2) is 27.5 Å². The molecule has 10 heteroatoms. The topological polar surface area (TPSA) is 92.2 Å². The van der Waals surface area contributed by atoms with Gasteiger partial charge in [0.25, 0.3) is 11.8 Å². The SMILES string of the molecule is CCC(Sc1cccc(NC(=O)/C(=C\c2c(F)cccc2Cl)NC(=O)c2ccccc2)c1)C(=O)Nc1ccc2c(c1)c1ccccc1n2CC. The highest BCUT2D eigenvalue weighted by Gasteiger charge is 2.21. The van der Waals surface area contributed by atoms with E-state index in [4.69, 9.17) is 11.6 Å². The number of thioether (sulfide) groups is 1. The van der Waals surface area contributed by atoms with E-state index in [9.17, 15) is 18.8 Å². The fourth-order valence-electron chi connectivity index (χ4n) is 5.76. The summed E-state index contributed by atoms with van der Waals surface area (Å²) >= 11 is 7.62. The van der Waals surface area contributed by atoms with E-state index in [1.54, 1.807) is 48.5 Å². The van der Waals surface area contributed by atoms with Crippen molar-refractivity contribution in [2.75, 3.05) is 10.6 Å². The third kappa shape index (κ3) is 7.59. The second-order valence-electron chi connectivity index (χ2n) is 11.5. The third-order valence-corrected chi connectivity index (χ3v) is 9.89. The van der Waals surface area contributed by atoms with Crippen LogP contribution in [0, 0.1) is 5.82 Å². The highest BCUT2D eigenvalue weighted by molar-refractivity contribution is 8.00. The van der Waals surface area contributed by atoms with Crippen molar-refractivity contribution in [1.29, 1.82) is 0 Å². The van der Waals surface area contributed by atoms with E-state index in [1.807, 2.05) is 43.3 Å². The first-order valence-corrected chi connectivity index (χ1v) is 17.4. The Morgan fingerprint density at radius 3 is 2.28 bits per heavy atom. The number of amides is 3. The Morgan fingerprint density at radius 2 is 1.52 bits per heavy atom. The minimum absolute atomic E-state index is 0.0379. The molecule has 0 aliphatic rings. The molecule has 0 fully saturated rings. The maximum atomic E-state index is 14.7. The molecule has 0 radical (unpaired) electrons. The van der Waals surface area contributed by atoms with Crippen LogP contribution in [0.1, 0.15) is 36.2 Å². The largest absolute Gasteiger partial charge is 0.341 e. The molecule has 1 unspecified atom stereocenters. The molecule has 0 saturated carbocycles. The summed E-state index contributed by atoms with van der Waals surface area (Å²) in [6, 6.07) is 33.8. The number of aromatic nitrogens is 1. The predicted octanol–water partition coefficient (Wildman–Crippen LogP) is 9.53. The van der Waals surface area contributed by atoms with Crippen LogP contribution in [0.3, 0.4) is 0 Å². The van der Waals surface area contributed by atoms with Crippen LogP contribution >= 0.6 is 23.4 Å². The molecule has 0 aliphatic heterocycles. The van der Waals surface area contributed by atoms with Gasteiger partial charge in [0.2, 0.25) is 5.91 Å². The lowest BCUT2D eigenvalue weighted by atomic mass is 10.1. The first kappa shape index (κ1) is 34.5. The molecule has 252 valence electrons. The molecular formula is C40H34ClFN4O3S. The lowest BCUT2D eigenvalue weighted by molar-refractivity contribution is -0.116. The molecule has 5 aromatic carbocycles. The van der Waals surface area contributed by atoms with E-state index in [1.165, 1.54) is 36.0 Å². The standard InChI is InChI=1S/C40H34ClFN4O3S/c1-3-37(40(49)44-27-20-21-36-30(23-27)29-16-8-9-19-35(29)46(36)4-2)50-28-15-10-14-26(22-28)43-39(48)34(24-31-32(41)17-11-18-33(31)42)45-38(47)25-12-6-5-7-13-25/h5-24,37H,3-4H2,1-2H3,(H,43,48)(H,44,49)(H,45,47)/b34-24+. The van der Waals surface area contributed by atoms with Gasteiger partial charge in [-0.2, -0.15) is 0 Å². The second kappa shape index (κ2) is 15.4. The molecule has 7 nitrogen and oxygen atoms in total. The van der Waals surface area contributed by atoms with E-state index in [0.29, 0.717) is 23.4 Å². The van der Waals surface area contributed by atoms with Crippen molar-refractivity contribution in [2.45, 2.75) is 37.0 Å². The highest BCUT2D eigenvalue weighted by Crippen LogP contribution is 2.33. The lowest BCUT2D eigenvalue weighted by Crippen LogP contribution is -2.30. The summed E-state index contributed by atoms with van der Waals surface area (Å²) in [6.07, 6.45) is 1.77. The monoisotopic (exact) mass is 704 g/mol. The molecule has 3 amide bonds. The summed E-state index contributed by atoms with van der Waals surface area (Å²) < 4.78 is 17.0. The number of halogens is 2. The van der Waals surface area contributed by atoms with E-state index in [2.05, 4.69) is 39.6 Å². The van der Waals surface area contributed by atoms with Gasteiger partial charge in [0.1, 0.15) is 11.5 Å². The molecule has 0 aliphatic carbocycles. The van der Waals surface area contributed by atoms with E-state index in [0.717, 1.165) is 33.2 Å². The third-order valence-electron chi connectivity index (χ3n) is 8.21. The normalized spacial score (nSPS) is 12.1. The number of hydrogen-bond donors (Lipinski definition) is 3. The Morgan fingerprint density at radius 1 is 0.800 bits per heavy atom.